The fourth-order valence-electron chi connectivity index (χ4n) is 2.34. The molecule has 22 heavy (non-hydrogen) atoms. The lowest BCUT2D eigenvalue weighted by Gasteiger charge is -2.13. The zero-order chi connectivity index (χ0) is 16.3. The highest BCUT2D eigenvalue weighted by atomic mass is 16.5. The van der Waals surface area contributed by atoms with Crippen LogP contribution in [0.2, 0.25) is 0 Å². The molecule has 2 aromatic carbocycles. The summed E-state index contributed by atoms with van der Waals surface area (Å²) in [4.78, 5) is 24.0. The first kappa shape index (κ1) is 15.8. The average molecular weight is 298 g/mol. The second kappa shape index (κ2) is 6.43. The van der Waals surface area contributed by atoms with Crippen molar-refractivity contribution in [2.45, 2.75) is 13.8 Å². The van der Waals surface area contributed by atoms with Crippen LogP contribution in [0.5, 0.6) is 0 Å². The molecular formula is C18H18O4. The van der Waals surface area contributed by atoms with Gasteiger partial charge in [0.15, 0.2) is 0 Å². The van der Waals surface area contributed by atoms with Gasteiger partial charge >= 0.3 is 11.9 Å². The van der Waals surface area contributed by atoms with Crippen molar-refractivity contribution < 1.29 is 19.1 Å². The maximum atomic E-state index is 12.0. The largest absolute Gasteiger partial charge is 0.465 e. The van der Waals surface area contributed by atoms with Gasteiger partial charge in [0.1, 0.15) is 0 Å². The number of ether oxygens (including phenoxy) is 2. The third-order valence-electron chi connectivity index (χ3n) is 3.45. The first-order chi connectivity index (χ1) is 10.5. The zero-order valence-corrected chi connectivity index (χ0v) is 13.1. The van der Waals surface area contributed by atoms with Crippen LogP contribution >= 0.6 is 0 Å². The van der Waals surface area contributed by atoms with Gasteiger partial charge in [-0.2, -0.15) is 0 Å². The van der Waals surface area contributed by atoms with Crippen LogP contribution in [0.4, 0.5) is 0 Å². The Balaban J connectivity index is 2.75. The van der Waals surface area contributed by atoms with Crippen LogP contribution in [-0.4, -0.2) is 26.2 Å². The van der Waals surface area contributed by atoms with Gasteiger partial charge in [-0.1, -0.05) is 35.4 Å². The average Bonchev–Trinajstić information content (AvgIpc) is 2.53. The van der Waals surface area contributed by atoms with Crippen molar-refractivity contribution in [3.63, 3.8) is 0 Å². The van der Waals surface area contributed by atoms with Crippen molar-refractivity contribution >= 4 is 11.9 Å². The van der Waals surface area contributed by atoms with Gasteiger partial charge in [0, 0.05) is 0 Å². The Morgan fingerprint density at radius 1 is 0.727 bits per heavy atom. The molecular weight excluding hydrogens is 280 g/mol. The molecule has 0 aliphatic carbocycles. The Labute approximate surface area is 129 Å². The third-order valence-corrected chi connectivity index (χ3v) is 3.45. The molecule has 0 N–H and O–H groups in total. The highest BCUT2D eigenvalue weighted by molar-refractivity contribution is 6.03. The molecule has 0 bridgehead atoms. The molecule has 2 rings (SSSR count). The summed E-state index contributed by atoms with van der Waals surface area (Å²) in [6.07, 6.45) is 0. The molecule has 0 aliphatic rings. The lowest BCUT2D eigenvalue weighted by Crippen LogP contribution is -2.08. The molecule has 0 saturated carbocycles. The molecule has 114 valence electrons. The lowest BCUT2D eigenvalue weighted by molar-refractivity contribution is 0.0590. The van der Waals surface area contributed by atoms with Crippen LogP contribution in [0.3, 0.4) is 0 Å². The summed E-state index contributed by atoms with van der Waals surface area (Å²) in [7, 11) is 2.67. The number of carbonyl (C=O) groups excluding carboxylic acids is 2. The minimum atomic E-state index is -0.438. The first-order valence-electron chi connectivity index (χ1n) is 6.86. The molecule has 0 heterocycles. The molecule has 0 unspecified atom stereocenters. The monoisotopic (exact) mass is 298 g/mol. The summed E-state index contributed by atoms with van der Waals surface area (Å²) in [5.41, 5.74) is 4.14. The van der Waals surface area contributed by atoms with Crippen molar-refractivity contribution in [3.8, 4) is 11.1 Å². The highest BCUT2D eigenvalue weighted by Crippen LogP contribution is 2.30. The summed E-state index contributed by atoms with van der Waals surface area (Å²) in [5.74, 6) is -0.875. The van der Waals surface area contributed by atoms with Crippen LogP contribution in [0.15, 0.2) is 36.4 Å². The molecule has 0 atom stereocenters. The van der Waals surface area contributed by atoms with Gasteiger partial charge in [0.25, 0.3) is 0 Å². The summed E-state index contributed by atoms with van der Waals surface area (Å²) in [6, 6.07) is 10.8. The van der Waals surface area contributed by atoms with Gasteiger partial charge in [-0.3, -0.25) is 0 Å². The number of aryl methyl sites for hydroxylation is 2. The zero-order valence-electron chi connectivity index (χ0n) is 13.1. The van der Waals surface area contributed by atoms with E-state index in [2.05, 4.69) is 0 Å². The van der Waals surface area contributed by atoms with Crippen molar-refractivity contribution in [2.75, 3.05) is 14.2 Å². The molecule has 4 nitrogen and oxygen atoms in total. The molecule has 0 radical (unpaired) electrons. The van der Waals surface area contributed by atoms with E-state index in [1.165, 1.54) is 14.2 Å². The molecule has 0 aromatic heterocycles. The minimum absolute atomic E-state index is 0.420. The van der Waals surface area contributed by atoms with Gasteiger partial charge in [0.05, 0.1) is 25.3 Å². The summed E-state index contributed by atoms with van der Waals surface area (Å²) < 4.78 is 9.68. The van der Waals surface area contributed by atoms with Crippen molar-refractivity contribution in [1.82, 2.24) is 0 Å². The smallest absolute Gasteiger partial charge is 0.338 e. The van der Waals surface area contributed by atoms with Crippen molar-refractivity contribution in [3.05, 3.63) is 58.7 Å². The predicted octanol–water partition coefficient (Wildman–Crippen LogP) is 3.54. The number of esters is 2. The molecule has 0 spiro atoms. The molecule has 0 amide bonds. The van der Waals surface area contributed by atoms with Crippen LogP contribution in [0.1, 0.15) is 31.8 Å². The first-order valence-corrected chi connectivity index (χ1v) is 6.86. The SMILES string of the molecule is COC(=O)c1ccc(C)cc1-c1cc(C)ccc1C(=O)OC. The van der Waals surface area contributed by atoms with Gasteiger partial charge in [-0.05, 0) is 37.1 Å². The molecule has 0 aliphatic heterocycles. The topological polar surface area (TPSA) is 52.6 Å². The fourth-order valence-corrected chi connectivity index (χ4v) is 2.34. The van der Waals surface area contributed by atoms with Gasteiger partial charge in [0.2, 0.25) is 0 Å². The molecule has 2 aromatic rings. The molecule has 4 heteroatoms. The molecule has 0 saturated heterocycles. The summed E-state index contributed by atoms with van der Waals surface area (Å²) in [5, 5.41) is 0. The Morgan fingerprint density at radius 2 is 1.09 bits per heavy atom. The van der Waals surface area contributed by atoms with E-state index in [0.717, 1.165) is 11.1 Å². The van der Waals surface area contributed by atoms with E-state index in [9.17, 15) is 9.59 Å². The standard InChI is InChI=1S/C18H18O4/c1-11-5-7-13(17(19)21-3)15(9-11)16-10-12(2)6-8-14(16)18(20)22-4/h5-10H,1-4H3. The number of carbonyl (C=O) groups is 2. The van der Waals surface area contributed by atoms with E-state index in [1.807, 2.05) is 38.1 Å². The van der Waals surface area contributed by atoms with Crippen LogP contribution in [0, 0.1) is 13.8 Å². The number of rotatable bonds is 3. The van der Waals surface area contributed by atoms with Crippen LogP contribution in [0.25, 0.3) is 11.1 Å². The number of hydrogen-bond acceptors (Lipinski definition) is 4. The van der Waals surface area contributed by atoms with E-state index < -0.39 is 11.9 Å². The van der Waals surface area contributed by atoms with Gasteiger partial charge in [-0.15, -0.1) is 0 Å². The second-order valence-corrected chi connectivity index (χ2v) is 5.08. The normalized spacial score (nSPS) is 10.2. The number of methoxy groups -OCH3 is 2. The van der Waals surface area contributed by atoms with Crippen molar-refractivity contribution in [1.29, 1.82) is 0 Å². The minimum Gasteiger partial charge on any atom is -0.465 e. The van der Waals surface area contributed by atoms with Crippen LogP contribution in [-0.2, 0) is 9.47 Å². The quantitative estimate of drug-likeness (QED) is 0.813. The Kier molecular flexibility index (Phi) is 4.61. The van der Waals surface area contributed by atoms with Crippen LogP contribution < -0.4 is 0 Å². The van der Waals surface area contributed by atoms with Gasteiger partial charge in [-0.25, -0.2) is 9.59 Å². The van der Waals surface area contributed by atoms with Gasteiger partial charge < -0.3 is 9.47 Å². The summed E-state index contributed by atoms with van der Waals surface area (Å²) in [6.45, 7) is 3.86. The maximum absolute atomic E-state index is 12.0. The maximum Gasteiger partial charge on any atom is 0.338 e. The number of hydrogen-bond donors (Lipinski definition) is 0. The Bertz CT molecular complexity index is 668. The fraction of sp³-hybridized carbons (Fsp3) is 0.222. The molecule has 0 fully saturated rings. The Morgan fingerprint density at radius 3 is 1.41 bits per heavy atom. The highest BCUT2D eigenvalue weighted by Gasteiger charge is 2.19. The van der Waals surface area contributed by atoms with E-state index in [4.69, 9.17) is 9.47 Å². The Hall–Kier alpha value is -2.62. The van der Waals surface area contributed by atoms with E-state index in [-0.39, 0.29) is 0 Å². The predicted molar refractivity (Wildman–Crippen MR) is 84.0 cm³/mol. The number of benzene rings is 2. The second-order valence-electron chi connectivity index (χ2n) is 5.08. The van der Waals surface area contributed by atoms with E-state index >= 15 is 0 Å². The van der Waals surface area contributed by atoms with Crippen molar-refractivity contribution in [2.24, 2.45) is 0 Å². The summed E-state index contributed by atoms with van der Waals surface area (Å²) >= 11 is 0. The lowest BCUT2D eigenvalue weighted by atomic mass is 9.92. The van der Waals surface area contributed by atoms with E-state index in [1.54, 1.807) is 12.1 Å². The van der Waals surface area contributed by atoms with E-state index in [0.29, 0.717) is 22.3 Å². The third kappa shape index (κ3) is 3.01.